The summed E-state index contributed by atoms with van der Waals surface area (Å²) in [6.07, 6.45) is 5.16. The number of aryl methyl sites for hydroxylation is 2. The number of hydrogen-bond donors (Lipinski definition) is 1. The van der Waals surface area contributed by atoms with E-state index >= 15 is 0 Å². The molecule has 0 radical (unpaired) electrons. The molecule has 16 heavy (non-hydrogen) atoms. The van der Waals surface area contributed by atoms with Gasteiger partial charge in [0.05, 0.1) is 0 Å². The Kier molecular flexibility index (Phi) is 6.07. The lowest BCUT2D eigenvalue weighted by atomic mass is 10.1. The van der Waals surface area contributed by atoms with Gasteiger partial charge in [0.1, 0.15) is 0 Å². The number of hydrogen-bond acceptors (Lipinski definition) is 2. The van der Waals surface area contributed by atoms with Crippen molar-refractivity contribution < 1.29 is 0 Å². The van der Waals surface area contributed by atoms with Crippen molar-refractivity contribution in [3.63, 3.8) is 0 Å². The molecule has 0 spiro atoms. The zero-order valence-electron chi connectivity index (χ0n) is 11.1. The summed E-state index contributed by atoms with van der Waals surface area (Å²) in [7, 11) is 0. The van der Waals surface area contributed by atoms with Gasteiger partial charge in [-0.05, 0) is 38.3 Å². The summed E-state index contributed by atoms with van der Waals surface area (Å²) in [5.41, 5.74) is 1.43. The molecule has 1 aromatic heterocycles. The molecule has 1 N–H and O–H groups in total. The Hall–Kier alpha value is -0.340. The molecule has 0 aliphatic rings. The summed E-state index contributed by atoms with van der Waals surface area (Å²) in [4.78, 5) is 2.94. The predicted octanol–water partition coefficient (Wildman–Crippen LogP) is 4.42. The largest absolute Gasteiger partial charge is 0.309 e. The monoisotopic (exact) mass is 239 g/mol. The fraction of sp³-hybridized carbons (Fsp3) is 0.714. The van der Waals surface area contributed by atoms with Crippen LogP contribution in [-0.2, 0) is 6.54 Å². The summed E-state index contributed by atoms with van der Waals surface area (Å²) in [6.45, 7) is 9.99. The van der Waals surface area contributed by atoms with Gasteiger partial charge in [0.15, 0.2) is 0 Å². The average Bonchev–Trinajstić information content (AvgIpc) is 2.56. The molecule has 0 unspecified atom stereocenters. The molecule has 0 atom stereocenters. The second kappa shape index (κ2) is 7.08. The van der Waals surface area contributed by atoms with E-state index in [9.17, 15) is 0 Å². The molecule has 1 aromatic rings. The maximum absolute atomic E-state index is 3.69. The van der Waals surface area contributed by atoms with Crippen LogP contribution in [0.5, 0.6) is 0 Å². The van der Waals surface area contributed by atoms with Gasteiger partial charge in [-0.25, -0.2) is 0 Å². The van der Waals surface area contributed by atoms with Crippen LogP contribution in [-0.4, -0.2) is 6.04 Å². The van der Waals surface area contributed by atoms with Gasteiger partial charge in [-0.2, -0.15) is 0 Å². The fourth-order valence-corrected chi connectivity index (χ4v) is 3.03. The molecule has 1 heterocycles. The molecule has 1 nitrogen and oxygen atoms in total. The Balaban J connectivity index is 2.41. The maximum Gasteiger partial charge on any atom is 0.0302 e. The molecule has 92 valence electrons. The molecule has 0 fully saturated rings. The first kappa shape index (κ1) is 13.7. The summed E-state index contributed by atoms with van der Waals surface area (Å²) >= 11 is 1.93. The van der Waals surface area contributed by atoms with Gasteiger partial charge in [0.2, 0.25) is 0 Å². The minimum atomic E-state index is 0.706. The minimum absolute atomic E-state index is 0.706. The van der Waals surface area contributed by atoms with E-state index in [1.54, 1.807) is 0 Å². The molecule has 2 heteroatoms. The van der Waals surface area contributed by atoms with E-state index in [-0.39, 0.29) is 0 Å². The van der Waals surface area contributed by atoms with Crippen LogP contribution >= 0.6 is 11.3 Å². The topological polar surface area (TPSA) is 12.0 Å². The number of rotatable bonds is 7. The van der Waals surface area contributed by atoms with Crippen molar-refractivity contribution in [2.24, 2.45) is 0 Å². The van der Waals surface area contributed by atoms with E-state index in [1.165, 1.54) is 41.0 Å². The van der Waals surface area contributed by atoms with Crippen molar-refractivity contribution in [3.05, 3.63) is 21.4 Å². The molecule has 0 aliphatic heterocycles. The van der Waals surface area contributed by atoms with Gasteiger partial charge in [0.25, 0.3) is 0 Å². The van der Waals surface area contributed by atoms with Crippen LogP contribution < -0.4 is 5.32 Å². The van der Waals surface area contributed by atoms with Crippen LogP contribution in [0.25, 0.3) is 0 Å². The fourth-order valence-electron chi connectivity index (χ4n) is 2.03. The lowest BCUT2D eigenvalue weighted by Gasteiger charge is -2.16. The molecular weight excluding hydrogens is 214 g/mol. The van der Waals surface area contributed by atoms with Gasteiger partial charge in [-0.15, -0.1) is 11.3 Å². The second-order valence-corrected chi connectivity index (χ2v) is 5.95. The summed E-state index contributed by atoms with van der Waals surface area (Å²) in [6, 6.07) is 3.03. The molecular formula is C14H25NS. The normalized spacial score (nSPS) is 11.3. The van der Waals surface area contributed by atoms with Crippen LogP contribution in [0, 0.1) is 13.8 Å². The van der Waals surface area contributed by atoms with Gasteiger partial charge in [-0.3, -0.25) is 0 Å². The van der Waals surface area contributed by atoms with Crippen molar-refractivity contribution in [1.82, 2.24) is 5.32 Å². The number of nitrogens with one attached hydrogen (secondary N) is 1. The second-order valence-electron chi connectivity index (χ2n) is 4.61. The summed E-state index contributed by atoms with van der Waals surface area (Å²) in [5, 5.41) is 3.69. The van der Waals surface area contributed by atoms with Crippen molar-refractivity contribution in [2.45, 2.75) is 66.0 Å². The average molecular weight is 239 g/mol. The maximum atomic E-state index is 3.69. The number of thiophene rings is 1. The van der Waals surface area contributed by atoms with Gasteiger partial charge in [0, 0.05) is 22.3 Å². The molecule has 1 rings (SSSR count). The van der Waals surface area contributed by atoms with Crippen molar-refractivity contribution >= 4 is 11.3 Å². The lowest BCUT2D eigenvalue weighted by molar-refractivity contribution is 0.445. The van der Waals surface area contributed by atoms with Crippen molar-refractivity contribution in [3.8, 4) is 0 Å². The van der Waals surface area contributed by atoms with E-state index < -0.39 is 0 Å². The van der Waals surface area contributed by atoms with Crippen LogP contribution in [0.3, 0.4) is 0 Å². The molecule has 0 amide bonds. The van der Waals surface area contributed by atoms with Gasteiger partial charge >= 0.3 is 0 Å². The Morgan fingerprint density at radius 1 is 1.19 bits per heavy atom. The van der Waals surface area contributed by atoms with Crippen LogP contribution in [0.2, 0.25) is 0 Å². The molecule has 0 saturated carbocycles. The summed E-state index contributed by atoms with van der Waals surface area (Å²) < 4.78 is 0. The smallest absolute Gasteiger partial charge is 0.0302 e. The Morgan fingerprint density at radius 2 is 1.81 bits per heavy atom. The van der Waals surface area contributed by atoms with Crippen molar-refractivity contribution in [1.29, 1.82) is 0 Å². The predicted molar refractivity (Wildman–Crippen MR) is 74.2 cm³/mol. The molecule has 0 bridgehead atoms. The van der Waals surface area contributed by atoms with E-state index in [1.807, 2.05) is 11.3 Å². The van der Waals surface area contributed by atoms with Crippen molar-refractivity contribution in [2.75, 3.05) is 0 Å². The van der Waals surface area contributed by atoms with Gasteiger partial charge in [-0.1, -0.05) is 26.7 Å². The zero-order chi connectivity index (χ0) is 12.0. The standard InChI is InChI=1S/C14H25NS/c1-5-7-13(8-6-2)15-10-14-9-11(3)12(4)16-14/h9,13,15H,5-8,10H2,1-4H3. The Bertz CT molecular complexity index is 278. The van der Waals surface area contributed by atoms with E-state index in [0.717, 1.165) is 6.54 Å². The lowest BCUT2D eigenvalue weighted by Crippen LogP contribution is -2.27. The molecule has 0 saturated heterocycles. The van der Waals surface area contributed by atoms with E-state index in [0.29, 0.717) is 6.04 Å². The summed E-state index contributed by atoms with van der Waals surface area (Å²) in [5.74, 6) is 0. The zero-order valence-corrected chi connectivity index (χ0v) is 11.9. The van der Waals surface area contributed by atoms with E-state index in [2.05, 4.69) is 39.1 Å². The highest BCUT2D eigenvalue weighted by molar-refractivity contribution is 7.12. The van der Waals surface area contributed by atoms with Crippen LogP contribution in [0.1, 0.15) is 54.8 Å². The highest BCUT2D eigenvalue weighted by Crippen LogP contribution is 2.20. The first-order valence-corrected chi connectivity index (χ1v) is 7.28. The molecule has 0 aliphatic carbocycles. The highest BCUT2D eigenvalue weighted by atomic mass is 32.1. The first-order chi connectivity index (χ1) is 7.67. The highest BCUT2D eigenvalue weighted by Gasteiger charge is 2.07. The quantitative estimate of drug-likeness (QED) is 0.742. The Labute approximate surface area is 104 Å². The van der Waals surface area contributed by atoms with Crippen LogP contribution in [0.4, 0.5) is 0 Å². The van der Waals surface area contributed by atoms with Crippen LogP contribution in [0.15, 0.2) is 6.07 Å². The molecule has 0 aromatic carbocycles. The third kappa shape index (κ3) is 4.26. The third-order valence-electron chi connectivity index (χ3n) is 3.06. The third-order valence-corrected chi connectivity index (χ3v) is 4.21. The first-order valence-electron chi connectivity index (χ1n) is 6.46. The van der Waals surface area contributed by atoms with Gasteiger partial charge < -0.3 is 5.32 Å². The SMILES string of the molecule is CCCC(CCC)NCc1cc(C)c(C)s1. The Morgan fingerprint density at radius 3 is 2.25 bits per heavy atom. The minimum Gasteiger partial charge on any atom is -0.309 e. The van der Waals surface area contributed by atoms with E-state index in [4.69, 9.17) is 0 Å².